The lowest BCUT2D eigenvalue weighted by Gasteiger charge is -2.26. The summed E-state index contributed by atoms with van der Waals surface area (Å²) >= 11 is 0. The molecule has 0 spiro atoms. The minimum atomic E-state index is 0.803. The van der Waals surface area contributed by atoms with Crippen LogP contribution in [-0.2, 0) is 9.47 Å². The van der Waals surface area contributed by atoms with Crippen molar-refractivity contribution >= 4 is 0 Å². The Hall–Kier alpha value is -0.200. The Labute approximate surface area is 124 Å². The van der Waals surface area contributed by atoms with Crippen LogP contribution in [0.2, 0.25) is 0 Å². The Morgan fingerprint density at radius 1 is 0.950 bits per heavy atom. The molecular weight excluding hydrogens is 254 g/mol. The van der Waals surface area contributed by atoms with Crippen molar-refractivity contribution < 1.29 is 9.47 Å². The van der Waals surface area contributed by atoms with Gasteiger partial charge in [0.1, 0.15) is 0 Å². The molecule has 20 heavy (non-hydrogen) atoms. The van der Waals surface area contributed by atoms with E-state index in [1.807, 2.05) is 0 Å². The Morgan fingerprint density at radius 3 is 2.30 bits per heavy atom. The van der Waals surface area contributed by atoms with E-state index < -0.39 is 0 Å². The molecule has 0 bridgehead atoms. The Kier molecular flexibility index (Phi) is 11.2. The number of rotatable bonds is 11. The van der Waals surface area contributed by atoms with E-state index in [1.165, 1.54) is 19.5 Å². The third-order valence-electron chi connectivity index (χ3n) is 3.68. The molecule has 1 aliphatic heterocycles. The summed E-state index contributed by atoms with van der Waals surface area (Å²) in [5, 5.41) is 3.45. The summed E-state index contributed by atoms with van der Waals surface area (Å²) in [6.45, 7) is 16.3. The van der Waals surface area contributed by atoms with Crippen molar-refractivity contribution in [2.24, 2.45) is 0 Å². The van der Waals surface area contributed by atoms with E-state index in [0.29, 0.717) is 0 Å². The largest absolute Gasteiger partial charge is 0.380 e. The highest BCUT2D eigenvalue weighted by Crippen LogP contribution is 1.97. The lowest BCUT2D eigenvalue weighted by molar-refractivity contribution is 0.0777. The van der Waals surface area contributed by atoms with Gasteiger partial charge in [0, 0.05) is 52.5 Å². The van der Waals surface area contributed by atoms with Gasteiger partial charge < -0.3 is 19.7 Å². The van der Waals surface area contributed by atoms with Gasteiger partial charge in [-0.3, -0.25) is 4.90 Å². The van der Waals surface area contributed by atoms with Crippen LogP contribution in [0.5, 0.6) is 0 Å². The number of hydrogen-bond donors (Lipinski definition) is 1. The van der Waals surface area contributed by atoms with E-state index in [4.69, 9.17) is 9.47 Å². The zero-order valence-corrected chi connectivity index (χ0v) is 13.4. The quantitative estimate of drug-likeness (QED) is 0.565. The molecule has 1 rings (SSSR count). The van der Waals surface area contributed by atoms with E-state index in [9.17, 15) is 0 Å². The summed E-state index contributed by atoms with van der Waals surface area (Å²) in [6, 6.07) is 0. The SMILES string of the molecule is CCOCCN(CCOCC)CCN1CCCNCC1. The molecule has 0 radical (unpaired) electrons. The van der Waals surface area contributed by atoms with Gasteiger partial charge >= 0.3 is 0 Å². The van der Waals surface area contributed by atoms with Crippen molar-refractivity contribution in [2.75, 3.05) is 78.8 Å². The van der Waals surface area contributed by atoms with Crippen molar-refractivity contribution in [3.05, 3.63) is 0 Å². The van der Waals surface area contributed by atoms with Gasteiger partial charge in [-0.25, -0.2) is 0 Å². The second kappa shape index (κ2) is 12.5. The summed E-state index contributed by atoms with van der Waals surface area (Å²) < 4.78 is 11.0. The first-order chi connectivity index (χ1) is 9.86. The number of nitrogens with zero attached hydrogens (tertiary/aromatic N) is 2. The molecule has 5 nitrogen and oxygen atoms in total. The van der Waals surface area contributed by atoms with Crippen molar-refractivity contribution in [1.29, 1.82) is 0 Å². The minimum Gasteiger partial charge on any atom is -0.380 e. The van der Waals surface area contributed by atoms with Crippen LogP contribution >= 0.6 is 0 Å². The van der Waals surface area contributed by atoms with E-state index in [0.717, 1.165) is 65.7 Å². The van der Waals surface area contributed by atoms with Crippen molar-refractivity contribution in [3.63, 3.8) is 0 Å². The summed E-state index contributed by atoms with van der Waals surface area (Å²) in [5.74, 6) is 0. The molecule has 1 heterocycles. The molecule has 0 unspecified atom stereocenters. The normalized spacial score (nSPS) is 17.6. The van der Waals surface area contributed by atoms with E-state index in [-0.39, 0.29) is 0 Å². The predicted octanol–water partition coefficient (Wildman–Crippen LogP) is 0.657. The molecular formula is C15H33N3O2. The topological polar surface area (TPSA) is 37.0 Å². The molecule has 0 aromatic carbocycles. The van der Waals surface area contributed by atoms with Crippen LogP contribution in [0, 0.1) is 0 Å². The molecule has 0 saturated carbocycles. The van der Waals surface area contributed by atoms with Gasteiger partial charge in [0.25, 0.3) is 0 Å². The second-order valence-corrected chi connectivity index (χ2v) is 5.18. The average Bonchev–Trinajstić information content (AvgIpc) is 2.73. The number of hydrogen-bond acceptors (Lipinski definition) is 5. The van der Waals surface area contributed by atoms with Crippen LogP contribution in [0.25, 0.3) is 0 Å². The molecule has 0 atom stereocenters. The Balaban J connectivity index is 2.21. The summed E-state index contributed by atoms with van der Waals surface area (Å²) in [7, 11) is 0. The molecule has 1 saturated heterocycles. The molecule has 5 heteroatoms. The average molecular weight is 287 g/mol. The molecule has 1 fully saturated rings. The van der Waals surface area contributed by atoms with Crippen LogP contribution < -0.4 is 5.32 Å². The lowest BCUT2D eigenvalue weighted by Crippen LogP contribution is -2.39. The molecule has 0 aliphatic carbocycles. The van der Waals surface area contributed by atoms with E-state index in [1.54, 1.807) is 0 Å². The third-order valence-corrected chi connectivity index (χ3v) is 3.68. The standard InChI is InChI=1S/C15H33N3O2/c1-3-19-14-12-18(13-15-20-4-2)11-10-17-8-5-6-16-7-9-17/h16H,3-15H2,1-2H3. The maximum absolute atomic E-state index is 5.48. The van der Waals surface area contributed by atoms with Crippen molar-refractivity contribution in [1.82, 2.24) is 15.1 Å². The highest BCUT2D eigenvalue weighted by molar-refractivity contribution is 4.68. The first-order valence-corrected chi connectivity index (χ1v) is 8.17. The van der Waals surface area contributed by atoms with Crippen LogP contribution in [0.15, 0.2) is 0 Å². The van der Waals surface area contributed by atoms with E-state index >= 15 is 0 Å². The fraction of sp³-hybridized carbons (Fsp3) is 1.00. The fourth-order valence-electron chi connectivity index (χ4n) is 2.42. The second-order valence-electron chi connectivity index (χ2n) is 5.18. The zero-order chi connectivity index (χ0) is 14.5. The van der Waals surface area contributed by atoms with Crippen LogP contribution in [0.4, 0.5) is 0 Å². The summed E-state index contributed by atoms with van der Waals surface area (Å²) in [5.41, 5.74) is 0. The molecule has 0 aromatic rings. The molecule has 0 aromatic heterocycles. The Morgan fingerprint density at radius 2 is 1.65 bits per heavy atom. The maximum atomic E-state index is 5.48. The van der Waals surface area contributed by atoms with Crippen LogP contribution in [0.1, 0.15) is 20.3 Å². The monoisotopic (exact) mass is 287 g/mol. The van der Waals surface area contributed by atoms with Gasteiger partial charge in [-0.15, -0.1) is 0 Å². The van der Waals surface area contributed by atoms with Crippen molar-refractivity contribution in [3.8, 4) is 0 Å². The van der Waals surface area contributed by atoms with Gasteiger partial charge in [-0.05, 0) is 33.4 Å². The number of nitrogens with one attached hydrogen (secondary N) is 1. The predicted molar refractivity (Wildman–Crippen MR) is 83.4 cm³/mol. The van der Waals surface area contributed by atoms with Gasteiger partial charge in [0.15, 0.2) is 0 Å². The third kappa shape index (κ3) is 8.87. The molecule has 1 N–H and O–H groups in total. The van der Waals surface area contributed by atoms with Gasteiger partial charge in [0.05, 0.1) is 13.2 Å². The summed E-state index contributed by atoms with van der Waals surface area (Å²) in [4.78, 5) is 5.03. The lowest BCUT2D eigenvalue weighted by atomic mass is 10.3. The first kappa shape index (κ1) is 17.9. The van der Waals surface area contributed by atoms with Gasteiger partial charge in [-0.2, -0.15) is 0 Å². The molecule has 1 aliphatic rings. The summed E-state index contributed by atoms with van der Waals surface area (Å²) in [6.07, 6.45) is 1.26. The van der Waals surface area contributed by atoms with Crippen LogP contribution in [0.3, 0.4) is 0 Å². The first-order valence-electron chi connectivity index (χ1n) is 8.17. The van der Waals surface area contributed by atoms with Gasteiger partial charge in [-0.1, -0.05) is 0 Å². The zero-order valence-electron chi connectivity index (χ0n) is 13.4. The van der Waals surface area contributed by atoms with Crippen LogP contribution in [-0.4, -0.2) is 88.6 Å². The molecule has 120 valence electrons. The number of ether oxygens (including phenoxy) is 2. The highest BCUT2D eigenvalue weighted by atomic mass is 16.5. The highest BCUT2D eigenvalue weighted by Gasteiger charge is 2.11. The Bertz CT molecular complexity index is 199. The van der Waals surface area contributed by atoms with Gasteiger partial charge in [0.2, 0.25) is 0 Å². The van der Waals surface area contributed by atoms with Crippen molar-refractivity contribution in [2.45, 2.75) is 20.3 Å². The minimum absolute atomic E-state index is 0.803. The molecule has 0 amide bonds. The fourth-order valence-corrected chi connectivity index (χ4v) is 2.42. The smallest absolute Gasteiger partial charge is 0.0593 e. The maximum Gasteiger partial charge on any atom is 0.0593 e. The van der Waals surface area contributed by atoms with E-state index in [2.05, 4.69) is 29.0 Å².